The fourth-order valence-corrected chi connectivity index (χ4v) is 2.29. The number of nitrogens with zero attached hydrogens (tertiary/aromatic N) is 2. The maximum atomic E-state index is 11.2. The Bertz CT molecular complexity index is 397. The van der Waals surface area contributed by atoms with E-state index in [-0.39, 0.29) is 23.6 Å². The number of nitrogens with one attached hydrogen (secondary N) is 1. The number of aromatic amines is 1. The van der Waals surface area contributed by atoms with Gasteiger partial charge in [-0.1, -0.05) is 0 Å². The van der Waals surface area contributed by atoms with Crippen LogP contribution in [-0.2, 0) is 7.05 Å². The molecule has 1 aromatic rings. The van der Waals surface area contributed by atoms with Crippen molar-refractivity contribution in [2.24, 2.45) is 18.7 Å². The van der Waals surface area contributed by atoms with Gasteiger partial charge in [0.15, 0.2) is 0 Å². The van der Waals surface area contributed by atoms with Gasteiger partial charge in [-0.05, 0) is 25.3 Å². The van der Waals surface area contributed by atoms with E-state index in [1.807, 2.05) is 0 Å². The van der Waals surface area contributed by atoms with Crippen LogP contribution in [-0.4, -0.2) is 32.5 Å². The number of aliphatic hydroxyl groups is 1. The summed E-state index contributed by atoms with van der Waals surface area (Å²) in [7, 11) is 1.68. The Hall–Kier alpha value is -1.14. The molecular weight excluding hydrogens is 196 g/mol. The van der Waals surface area contributed by atoms with Gasteiger partial charge in [-0.3, -0.25) is 4.57 Å². The number of hydrogen-bond acceptors (Lipinski definition) is 4. The van der Waals surface area contributed by atoms with Crippen LogP contribution >= 0.6 is 0 Å². The zero-order chi connectivity index (χ0) is 11.0. The van der Waals surface area contributed by atoms with E-state index in [2.05, 4.69) is 10.2 Å². The number of aliphatic hydroxyl groups excluding tert-OH is 1. The third kappa shape index (κ3) is 1.70. The number of rotatable bonds is 2. The normalized spacial score (nSPS) is 31.0. The second kappa shape index (κ2) is 3.79. The van der Waals surface area contributed by atoms with Crippen molar-refractivity contribution in [2.45, 2.75) is 24.9 Å². The zero-order valence-electron chi connectivity index (χ0n) is 8.68. The van der Waals surface area contributed by atoms with Crippen LogP contribution < -0.4 is 11.4 Å². The first-order valence-electron chi connectivity index (χ1n) is 5.13. The molecule has 1 fully saturated rings. The predicted molar refractivity (Wildman–Crippen MR) is 54.4 cm³/mol. The van der Waals surface area contributed by atoms with Crippen molar-refractivity contribution in [1.82, 2.24) is 14.8 Å². The molecule has 3 atom stereocenters. The molecule has 4 N–H and O–H groups in total. The molecule has 0 aromatic carbocycles. The standard InChI is InChI=1S/C9H16N4O2/c1-13-8(11-12-9(13)15)5-2-6(4-10)7(14)3-5/h5-7,14H,2-4,10H2,1H3,(H,12,15). The minimum absolute atomic E-state index is 0.127. The Morgan fingerprint density at radius 2 is 2.40 bits per heavy atom. The number of aromatic nitrogens is 3. The van der Waals surface area contributed by atoms with Crippen molar-refractivity contribution in [3.63, 3.8) is 0 Å². The Morgan fingerprint density at radius 3 is 2.87 bits per heavy atom. The first-order valence-corrected chi connectivity index (χ1v) is 5.13. The van der Waals surface area contributed by atoms with Gasteiger partial charge >= 0.3 is 5.69 Å². The van der Waals surface area contributed by atoms with Crippen molar-refractivity contribution in [3.05, 3.63) is 16.3 Å². The van der Waals surface area contributed by atoms with Crippen LogP contribution in [0.2, 0.25) is 0 Å². The molecule has 15 heavy (non-hydrogen) atoms. The highest BCUT2D eigenvalue weighted by molar-refractivity contribution is 5.02. The largest absolute Gasteiger partial charge is 0.393 e. The molecule has 1 aromatic heterocycles. The molecule has 6 heteroatoms. The van der Waals surface area contributed by atoms with Gasteiger partial charge in [0, 0.05) is 13.0 Å². The van der Waals surface area contributed by atoms with Crippen LogP contribution in [0.4, 0.5) is 0 Å². The monoisotopic (exact) mass is 212 g/mol. The molecule has 1 aliphatic rings. The van der Waals surface area contributed by atoms with E-state index in [0.717, 1.165) is 12.2 Å². The van der Waals surface area contributed by atoms with Crippen LogP contribution in [0.5, 0.6) is 0 Å². The molecular formula is C9H16N4O2. The summed E-state index contributed by atoms with van der Waals surface area (Å²) in [5.41, 5.74) is 5.34. The van der Waals surface area contributed by atoms with Crippen LogP contribution in [0.25, 0.3) is 0 Å². The van der Waals surface area contributed by atoms with Crippen molar-refractivity contribution < 1.29 is 5.11 Å². The first-order chi connectivity index (χ1) is 7.13. The van der Waals surface area contributed by atoms with Gasteiger partial charge in [0.25, 0.3) is 0 Å². The van der Waals surface area contributed by atoms with Crippen LogP contribution in [0.15, 0.2) is 4.79 Å². The van der Waals surface area contributed by atoms with E-state index in [1.165, 1.54) is 4.57 Å². The summed E-state index contributed by atoms with van der Waals surface area (Å²) in [6.45, 7) is 0.482. The maximum absolute atomic E-state index is 11.2. The SMILES string of the molecule is Cn1c(C2CC(O)C(CN)C2)n[nH]c1=O. The Labute approximate surface area is 87.1 Å². The average Bonchev–Trinajstić information content (AvgIpc) is 2.72. The lowest BCUT2D eigenvalue weighted by Gasteiger charge is -2.09. The molecule has 0 amide bonds. The van der Waals surface area contributed by atoms with Crippen LogP contribution in [0.3, 0.4) is 0 Å². The summed E-state index contributed by atoms with van der Waals surface area (Å²) in [6, 6.07) is 0. The molecule has 0 saturated heterocycles. The van der Waals surface area contributed by atoms with Gasteiger partial charge < -0.3 is 10.8 Å². The van der Waals surface area contributed by atoms with Gasteiger partial charge in [0.05, 0.1) is 6.10 Å². The molecule has 1 heterocycles. The lowest BCUT2D eigenvalue weighted by molar-refractivity contribution is 0.136. The van der Waals surface area contributed by atoms with E-state index >= 15 is 0 Å². The topological polar surface area (TPSA) is 96.9 Å². The minimum atomic E-state index is -0.369. The van der Waals surface area contributed by atoms with Gasteiger partial charge in [-0.25, -0.2) is 9.89 Å². The Kier molecular flexibility index (Phi) is 2.62. The van der Waals surface area contributed by atoms with Gasteiger partial charge in [0.1, 0.15) is 5.82 Å². The highest BCUT2D eigenvalue weighted by Gasteiger charge is 2.35. The molecule has 0 aliphatic heterocycles. The molecule has 0 spiro atoms. The highest BCUT2D eigenvalue weighted by Crippen LogP contribution is 2.36. The Balaban J connectivity index is 2.20. The highest BCUT2D eigenvalue weighted by atomic mass is 16.3. The third-order valence-corrected chi connectivity index (χ3v) is 3.24. The second-order valence-corrected chi connectivity index (χ2v) is 4.18. The molecule has 84 valence electrons. The van der Waals surface area contributed by atoms with Gasteiger partial charge in [-0.2, -0.15) is 5.10 Å². The summed E-state index contributed by atoms with van der Waals surface area (Å²) in [4.78, 5) is 11.2. The van der Waals surface area contributed by atoms with Gasteiger partial charge in [0.2, 0.25) is 0 Å². The molecule has 2 rings (SSSR count). The van der Waals surface area contributed by atoms with Crippen molar-refractivity contribution >= 4 is 0 Å². The van der Waals surface area contributed by atoms with E-state index in [0.29, 0.717) is 13.0 Å². The quantitative estimate of drug-likeness (QED) is 0.581. The predicted octanol–water partition coefficient (Wildman–Crippen LogP) is -1.08. The summed E-state index contributed by atoms with van der Waals surface area (Å²) in [5, 5.41) is 16.1. The summed E-state index contributed by atoms with van der Waals surface area (Å²) < 4.78 is 1.50. The van der Waals surface area contributed by atoms with E-state index in [1.54, 1.807) is 7.05 Å². The fraction of sp³-hybridized carbons (Fsp3) is 0.778. The van der Waals surface area contributed by atoms with E-state index in [4.69, 9.17) is 5.73 Å². The smallest absolute Gasteiger partial charge is 0.343 e. The van der Waals surface area contributed by atoms with E-state index in [9.17, 15) is 9.90 Å². The minimum Gasteiger partial charge on any atom is -0.393 e. The van der Waals surface area contributed by atoms with E-state index < -0.39 is 0 Å². The summed E-state index contributed by atoms with van der Waals surface area (Å²) in [6.07, 6.45) is 1.07. The maximum Gasteiger partial charge on any atom is 0.343 e. The molecule has 0 radical (unpaired) electrons. The summed E-state index contributed by atoms with van der Waals surface area (Å²) in [5.74, 6) is 0.981. The van der Waals surface area contributed by atoms with Crippen LogP contribution in [0.1, 0.15) is 24.6 Å². The van der Waals surface area contributed by atoms with Crippen molar-refractivity contribution in [1.29, 1.82) is 0 Å². The van der Waals surface area contributed by atoms with Gasteiger partial charge in [-0.15, -0.1) is 0 Å². The first kappa shape index (κ1) is 10.4. The number of hydrogen-bond donors (Lipinski definition) is 3. The van der Waals surface area contributed by atoms with Crippen LogP contribution in [0, 0.1) is 5.92 Å². The Morgan fingerprint density at radius 1 is 1.67 bits per heavy atom. The third-order valence-electron chi connectivity index (χ3n) is 3.24. The molecule has 0 bridgehead atoms. The molecule has 1 aliphatic carbocycles. The van der Waals surface area contributed by atoms with Crippen molar-refractivity contribution in [2.75, 3.05) is 6.54 Å². The fourth-order valence-electron chi connectivity index (χ4n) is 2.29. The number of nitrogens with two attached hydrogens (primary N) is 1. The van der Waals surface area contributed by atoms with Crippen molar-refractivity contribution in [3.8, 4) is 0 Å². The lowest BCUT2D eigenvalue weighted by Crippen LogP contribution is -2.21. The molecule has 6 nitrogen and oxygen atoms in total. The lowest BCUT2D eigenvalue weighted by atomic mass is 10.0. The second-order valence-electron chi connectivity index (χ2n) is 4.18. The zero-order valence-corrected chi connectivity index (χ0v) is 8.68. The molecule has 1 saturated carbocycles. The average molecular weight is 212 g/mol. The number of H-pyrrole nitrogens is 1. The summed E-state index contributed by atoms with van der Waals surface area (Å²) >= 11 is 0. The molecule has 3 unspecified atom stereocenters.